The Balaban J connectivity index is 1.89. The first-order valence-electron chi connectivity index (χ1n) is 7.40. The zero-order chi connectivity index (χ0) is 14.6. The molecular weight excluding hydrogens is 303 g/mol. The zero-order valence-electron chi connectivity index (χ0n) is 11.9. The van der Waals surface area contributed by atoms with E-state index in [2.05, 4.69) is 24.0 Å². The van der Waals surface area contributed by atoms with Gasteiger partial charge in [-0.1, -0.05) is 48.3 Å². The number of aliphatic imine (C=N–C) groups is 1. The van der Waals surface area contributed by atoms with Crippen LogP contribution >= 0.6 is 23.2 Å². The Morgan fingerprint density at radius 2 is 2.10 bits per heavy atom. The fourth-order valence-corrected chi connectivity index (χ4v) is 4.04. The molecule has 0 amide bonds. The van der Waals surface area contributed by atoms with Gasteiger partial charge in [-0.05, 0) is 24.8 Å². The molecule has 1 saturated heterocycles. The molecule has 108 valence electrons. The van der Waals surface area contributed by atoms with E-state index in [0.717, 1.165) is 35.4 Å². The van der Waals surface area contributed by atoms with E-state index in [1.165, 1.54) is 18.4 Å². The van der Waals surface area contributed by atoms with Crippen LogP contribution in [0.25, 0.3) is 10.8 Å². The normalized spacial score (nSPS) is 21.0. The van der Waals surface area contributed by atoms with E-state index in [1.54, 1.807) is 6.07 Å². The van der Waals surface area contributed by atoms with Gasteiger partial charge in [-0.25, -0.2) is 4.99 Å². The Morgan fingerprint density at radius 1 is 1.24 bits per heavy atom. The molecule has 21 heavy (non-hydrogen) atoms. The van der Waals surface area contributed by atoms with Crippen molar-refractivity contribution >= 4 is 45.5 Å². The molecule has 1 unspecified atom stereocenters. The van der Waals surface area contributed by atoms with Crippen molar-refractivity contribution in [2.75, 3.05) is 13.1 Å². The summed E-state index contributed by atoms with van der Waals surface area (Å²) in [7, 11) is 0. The summed E-state index contributed by atoms with van der Waals surface area (Å²) in [5.41, 5.74) is 2.04. The van der Waals surface area contributed by atoms with Crippen molar-refractivity contribution in [1.82, 2.24) is 4.90 Å². The summed E-state index contributed by atoms with van der Waals surface area (Å²) in [6, 6.07) is 8.02. The minimum atomic E-state index is 0.639. The van der Waals surface area contributed by atoms with E-state index in [0.29, 0.717) is 16.0 Å². The van der Waals surface area contributed by atoms with Crippen molar-refractivity contribution in [3.63, 3.8) is 0 Å². The maximum Gasteiger partial charge on any atom is 0.137 e. The topological polar surface area (TPSA) is 15.6 Å². The second-order valence-corrected chi connectivity index (χ2v) is 6.86. The first-order chi connectivity index (χ1) is 10.1. The molecule has 2 aromatic rings. The van der Waals surface area contributed by atoms with E-state index in [1.807, 2.05) is 6.07 Å². The standard InChI is InChI=1S/C17H16Cl2N2/c1-10-4-3-7-21(9-10)17-12-6-2-5-11-13(18)8-14(19)16(20-17)15(11)12/h2,5-6,8,10H,3-4,7,9H2,1H3. The Hall–Kier alpha value is -1.25. The molecule has 1 atom stereocenters. The van der Waals surface area contributed by atoms with Crippen LogP contribution in [0.2, 0.25) is 10.0 Å². The molecule has 2 heterocycles. The molecule has 2 nitrogen and oxygen atoms in total. The van der Waals surface area contributed by atoms with Crippen molar-refractivity contribution in [3.05, 3.63) is 39.9 Å². The van der Waals surface area contributed by atoms with Crippen LogP contribution in [0, 0.1) is 5.92 Å². The minimum Gasteiger partial charge on any atom is -0.356 e. The summed E-state index contributed by atoms with van der Waals surface area (Å²) in [4.78, 5) is 7.24. The third-order valence-electron chi connectivity index (χ3n) is 4.45. The number of halogens is 2. The lowest BCUT2D eigenvalue weighted by Crippen LogP contribution is -2.39. The maximum absolute atomic E-state index is 6.36. The number of likely N-dealkylation sites (tertiary alicyclic amines) is 1. The first-order valence-corrected chi connectivity index (χ1v) is 8.15. The summed E-state index contributed by atoms with van der Waals surface area (Å²) < 4.78 is 0. The molecular formula is C17H16Cl2N2. The molecule has 2 aliphatic rings. The highest BCUT2D eigenvalue weighted by Crippen LogP contribution is 2.44. The summed E-state index contributed by atoms with van der Waals surface area (Å²) in [5.74, 6) is 1.77. The third kappa shape index (κ3) is 2.04. The second-order valence-electron chi connectivity index (χ2n) is 6.05. The lowest BCUT2D eigenvalue weighted by Gasteiger charge is -2.32. The van der Waals surface area contributed by atoms with Gasteiger partial charge >= 0.3 is 0 Å². The molecule has 4 rings (SSSR count). The van der Waals surface area contributed by atoms with E-state index >= 15 is 0 Å². The van der Waals surface area contributed by atoms with E-state index in [-0.39, 0.29) is 0 Å². The van der Waals surface area contributed by atoms with Gasteiger partial charge in [0.2, 0.25) is 0 Å². The van der Waals surface area contributed by atoms with Crippen LogP contribution in [-0.4, -0.2) is 23.8 Å². The molecule has 0 bridgehead atoms. The van der Waals surface area contributed by atoms with Gasteiger partial charge in [0.25, 0.3) is 0 Å². The third-order valence-corrected chi connectivity index (χ3v) is 5.05. The predicted molar refractivity (Wildman–Crippen MR) is 90.1 cm³/mol. The van der Waals surface area contributed by atoms with Gasteiger partial charge in [0.15, 0.2) is 0 Å². The SMILES string of the molecule is CC1CCCN(C2=Nc3c(Cl)cc(Cl)c4cccc2c34)C1. The van der Waals surface area contributed by atoms with Crippen molar-refractivity contribution in [2.45, 2.75) is 19.8 Å². The lowest BCUT2D eigenvalue weighted by atomic mass is 9.98. The van der Waals surface area contributed by atoms with E-state index < -0.39 is 0 Å². The van der Waals surface area contributed by atoms with Crippen LogP contribution in [0.1, 0.15) is 25.3 Å². The van der Waals surface area contributed by atoms with Crippen molar-refractivity contribution in [1.29, 1.82) is 0 Å². The lowest BCUT2D eigenvalue weighted by molar-refractivity contribution is 0.274. The fourth-order valence-electron chi connectivity index (χ4n) is 3.47. The van der Waals surface area contributed by atoms with E-state index in [9.17, 15) is 0 Å². The van der Waals surface area contributed by atoms with E-state index in [4.69, 9.17) is 28.2 Å². The Kier molecular flexibility index (Phi) is 3.13. The highest BCUT2D eigenvalue weighted by molar-refractivity contribution is 6.42. The van der Waals surface area contributed by atoms with Gasteiger partial charge in [-0.2, -0.15) is 0 Å². The molecule has 4 heteroatoms. The quantitative estimate of drug-likeness (QED) is 0.646. The van der Waals surface area contributed by atoms with Crippen LogP contribution < -0.4 is 0 Å². The molecule has 0 saturated carbocycles. The van der Waals surface area contributed by atoms with Crippen LogP contribution in [0.4, 0.5) is 5.69 Å². The Morgan fingerprint density at radius 3 is 2.90 bits per heavy atom. The average Bonchev–Trinajstić information content (AvgIpc) is 2.86. The molecule has 0 N–H and O–H groups in total. The molecule has 0 radical (unpaired) electrons. The van der Waals surface area contributed by atoms with Gasteiger partial charge in [-0.3, -0.25) is 0 Å². The van der Waals surface area contributed by atoms with Crippen molar-refractivity contribution < 1.29 is 0 Å². The summed E-state index contributed by atoms with van der Waals surface area (Å²) in [6.07, 6.45) is 2.52. The molecule has 0 aliphatic carbocycles. The summed E-state index contributed by atoms with van der Waals surface area (Å²) in [6.45, 7) is 4.44. The Bertz CT molecular complexity index is 767. The van der Waals surface area contributed by atoms with Crippen LogP contribution in [0.15, 0.2) is 29.3 Å². The fraction of sp³-hybridized carbons (Fsp3) is 0.353. The van der Waals surface area contributed by atoms with Crippen LogP contribution in [0.3, 0.4) is 0 Å². The van der Waals surface area contributed by atoms with Gasteiger partial charge in [0.05, 0.1) is 15.7 Å². The highest BCUT2D eigenvalue weighted by atomic mass is 35.5. The van der Waals surface area contributed by atoms with Crippen LogP contribution in [-0.2, 0) is 0 Å². The maximum atomic E-state index is 6.36. The summed E-state index contributed by atoms with van der Waals surface area (Å²) in [5, 5.41) is 3.48. The van der Waals surface area contributed by atoms with Gasteiger partial charge in [0.1, 0.15) is 5.84 Å². The highest BCUT2D eigenvalue weighted by Gasteiger charge is 2.28. The number of benzene rings is 2. The number of piperidine rings is 1. The van der Waals surface area contributed by atoms with Gasteiger partial charge < -0.3 is 4.90 Å². The largest absolute Gasteiger partial charge is 0.356 e. The smallest absolute Gasteiger partial charge is 0.137 e. The van der Waals surface area contributed by atoms with Crippen molar-refractivity contribution in [3.8, 4) is 0 Å². The predicted octanol–water partition coefficient (Wildman–Crippen LogP) is 5.27. The molecule has 2 aromatic carbocycles. The summed E-state index contributed by atoms with van der Waals surface area (Å²) >= 11 is 12.7. The average molecular weight is 319 g/mol. The second kappa shape index (κ2) is 4.89. The monoisotopic (exact) mass is 318 g/mol. The molecule has 1 fully saturated rings. The van der Waals surface area contributed by atoms with Crippen molar-refractivity contribution in [2.24, 2.45) is 10.9 Å². The molecule has 0 aromatic heterocycles. The number of nitrogens with zero attached hydrogens (tertiary/aromatic N) is 2. The number of rotatable bonds is 0. The zero-order valence-corrected chi connectivity index (χ0v) is 13.4. The molecule has 0 spiro atoms. The van der Waals surface area contributed by atoms with Gasteiger partial charge in [0, 0.05) is 29.4 Å². The van der Waals surface area contributed by atoms with Gasteiger partial charge in [-0.15, -0.1) is 0 Å². The first kappa shape index (κ1) is 13.4. The molecule has 2 aliphatic heterocycles. The number of hydrogen-bond donors (Lipinski definition) is 0. The number of hydrogen-bond acceptors (Lipinski definition) is 2. The number of amidine groups is 1. The van der Waals surface area contributed by atoms with Crippen LogP contribution in [0.5, 0.6) is 0 Å². The Labute approximate surface area is 134 Å². The minimum absolute atomic E-state index is 0.639.